The summed E-state index contributed by atoms with van der Waals surface area (Å²) in [5.74, 6) is 0. The van der Waals surface area contributed by atoms with Gasteiger partial charge in [0.15, 0.2) is 0 Å². The molecule has 1 heteroatoms. The summed E-state index contributed by atoms with van der Waals surface area (Å²) >= 11 is 0. The Bertz CT molecular complexity index is 682. The first kappa shape index (κ1) is 33.6. The Hall–Kier alpha value is -0.950. The molecule has 1 aliphatic rings. The van der Waals surface area contributed by atoms with Gasteiger partial charge in [-0.2, -0.15) is 37.3 Å². The van der Waals surface area contributed by atoms with Gasteiger partial charge >= 0.3 is 0 Å². The Balaban J connectivity index is -0.000000194. The molecule has 4 rings (SSSR count). The van der Waals surface area contributed by atoms with E-state index in [-0.39, 0.29) is 55.5 Å². The van der Waals surface area contributed by atoms with Gasteiger partial charge in [0.25, 0.3) is 0 Å². The van der Waals surface area contributed by atoms with Gasteiger partial charge in [0.05, 0.1) is 0 Å². The predicted octanol–water partition coefficient (Wildman–Crippen LogP) is 8.04. The number of fused-ring (bicyclic) bond motifs is 2. The van der Waals surface area contributed by atoms with Gasteiger partial charge < -0.3 is 36.6 Å². The number of rotatable bonds is 0. The molecule has 3 aromatic carbocycles. The topological polar surface area (TPSA) is 0 Å². The first-order valence-corrected chi connectivity index (χ1v) is 8.10. The molecule has 0 heterocycles. The molecule has 27 heavy (non-hydrogen) atoms. The van der Waals surface area contributed by atoms with Crippen LogP contribution in [0.25, 0.3) is 10.8 Å². The van der Waals surface area contributed by atoms with Crippen molar-refractivity contribution in [2.24, 2.45) is 5.41 Å². The van der Waals surface area contributed by atoms with Crippen molar-refractivity contribution in [1.82, 2.24) is 0 Å². The van der Waals surface area contributed by atoms with Crippen LogP contribution in [0.15, 0.2) is 54.6 Å². The van der Waals surface area contributed by atoms with Crippen LogP contribution in [-0.2, 0) is 38.7 Å². The molecule has 0 bridgehead atoms. The van der Waals surface area contributed by atoms with Gasteiger partial charge in [-0.05, 0) is 18.3 Å². The normalized spacial score (nSPS) is 11.9. The second-order valence-electron chi connectivity index (χ2n) is 6.70. The summed E-state index contributed by atoms with van der Waals surface area (Å²) in [6.07, 6.45) is 2.48. The van der Waals surface area contributed by atoms with E-state index in [4.69, 9.17) is 0 Å². The van der Waals surface area contributed by atoms with E-state index in [9.17, 15) is 0 Å². The summed E-state index contributed by atoms with van der Waals surface area (Å²) in [5.41, 5.74) is 5.02. The second kappa shape index (κ2) is 15.0. The molecule has 0 aromatic heterocycles. The van der Waals surface area contributed by atoms with Gasteiger partial charge in [-0.15, -0.1) is 28.5 Å². The van der Waals surface area contributed by atoms with Crippen LogP contribution in [0.2, 0.25) is 0 Å². The summed E-state index contributed by atoms with van der Waals surface area (Å²) in [6, 6.07) is 19.3. The molecule has 0 amide bonds. The molecule has 0 atom stereocenters. The standard InChI is InChI=1S/C15H17.C5H5.C2H5.4CH3.Hf/c1-10-4-5-11-6-12-8-15(2,3)9-13(12)7-14(10)11;1-2-4-5-3-1;1-2;;;;;/h4-7H,8-9H2,1-3H3;1-5H;1H2,2H3;4*1H3;/q7*-1;. The number of hydrogen-bond donors (Lipinski definition) is 0. The minimum absolute atomic E-state index is 0. The zero-order valence-electron chi connectivity index (χ0n) is 18.8. The Morgan fingerprint density at radius 3 is 1.85 bits per heavy atom. The van der Waals surface area contributed by atoms with E-state index in [0.29, 0.717) is 5.41 Å². The number of benzene rings is 1. The summed E-state index contributed by atoms with van der Waals surface area (Å²) in [6.45, 7) is 11.9. The Morgan fingerprint density at radius 2 is 1.41 bits per heavy atom. The molecule has 0 saturated heterocycles. The second-order valence-corrected chi connectivity index (χ2v) is 6.70. The quantitative estimate of drug-likeness (QED) is 0.204. The maximum atomic E-state index is 3.25. The SMILES string of the molecule is C[c-]1ccc2cc3c(cc21)CC(C)(C)C3.[CH2-]C.[CH3-].[CH3-].[CH3-].[CH3-].[Hf].c1cc[cH-]c1. The van der Waals surface area contributed by atoms with Crippen molar-refractivity contribution in [3.8, 4) is 0 Å². The molecule has 0 spiro atoms. The van der Waals surface area contributed by atoms with E-state index in [1.54, 1.807) is 18.1 Å². The van der Waals surface area contributed by atoms with Crippen molar-refractivity contribution >= 4 is 10.8 Å². The van der Waals surface area contributed by atoms with E-state index < -0.39 is 0 Å². The molecule has 0 unspecified atom stereocenters. The van der Waals surface area contributed by atoms with Crippen LogP contribution in [0.4, 0.5) is 0 Å². The third kappa shape index (κ3) is 8.73. The Labute approximate surface area is 189 Å². The minimum atomic E-state index is 0. The first-order chi connectivity index (χ1) is 10.6. The molecule has 154 valence electrons. The zero-order valence-corrected chi connectivity index (χ0v) is 22.4. The van der Waals surface area contributed by atoms with E-state index in [0.717, 1.165) is 0 Å². The molecule has 0 saturated carbocycles. The molecule has 0 nitrogen and oxygen atoms in total. The van der Waals surface area contributed by atoms with Gasteiger partial charge in [0, 0.05) is 25.8 Å². The summed E-state index contributed by atoms with van der Waals surface area (Å²) in [5, 5.41) is 2.87. The fourth-order valence-electron chi connectivity index (χ4n) is 3.24. The molecule has 1 aliphatic carbocycles. The molecule has 0 fully saturated rings. The maximum absolute atomic E-state index is 3.25. The fourth-order valence-corrected chi connectivity index (χ4v) is 3.24. The molecular weight excluding hydrogens is 491 g/mol. The summed E-state index contributed by atoms with van der Waals surface area (Å²) in [4.78, 5) is 0. The molecule has 3 aromatic rings. The summed E-state index contributed by atoms with van der Waals surface area (Å²) < 4.78 is 0. The monoisotopic (exact) mass is 531 g/mol. The van der Waals surface area contributed by atoms with Crippen molar-refractivity contribution in [2.75, 3.05) is 0 Å². The maximum Gasteiger partial charge on any atom is 0 e. The van der Waals surface area contributed by atoms with Gasteiger partial charge in [-0.1, -0.05) is 31.9 Å². The average Bonchev–Trinajstić information content (AvgIpc) is 3.20. The van der Waals surface area contributed by atoms with Crippen molar-refractivity contribution in [1.29, 1.82) is 0 Å². The van der Waals surface area contributed by atoms with Gasteiger partial charge in [-0.25, -0.2) is 12.1 Å². The van der Waals surface area contributed by atoms with Crippen LogP contribution >= 0.6 is 0 Å². The minimum Gasteiger partial charge on any atom is -0.358 e. The van der Waals surface area contributed by atoms with Gasteiger partial charge in [0.1, 0.15) is 0 Å². The van der Waals surface area contributed by atoms with E-state index in [2.05, 4.69) is 52.0 Å². The van der Waals surface area contributed by atoms with Crippen LogP contribution in [0.5, 0.6) is 0 Å². The van der Waals surface area contributed by atoms with E-state index in [1.165, 1.54) is 29.2 Å². The Kier molecular flexibility index (Phi) is 18.7. The van der Waals surface area contributed by atoms with Crippen LogP contribution in [-0.4, -0.2) is 0 Å². The molecule has 0 N–H and O–H groups in total. The smallest absolute Gasteiger partial charge is 0 e. The number of aryl methyl sites for hydroxylation is 1. The zero-order chi connectivity index (χ0) is 16.2. The van der Waals surface area contributed by atoms with E-state index >= 15 is 0 Å². The summed E-state index contributed by atoms with van der Waals surface area (Å²) in [7, 11) is 0. The van der Waals surface area contributed by atoms with E-state index in [1.807, 2.05) is 30.3 Å². The third-order valence-electron chi connectivity index (χ3n) is 4.20. The van der Waals surface area contributed by atoms with Crippen LogP contribution < -0.4 is 0 Å². The van der Waals surface area contributed by atoms with Crippen molar-refractivity contribution < 1.29 is 25.8 Å². The average molecular weight is 530 g/mol. The number of hydrogen-bond acceptors (Lipinski definition) is 0. The van der Waals surface area contributed by atoms with Crippen LogP contribution in [0, 0.1) is 49.0 Å². The first-order valence-electron chi connectivity index (χ1n) is 8.10. The van der Waals surface area contributed by atoms with Gasteiger partial charge in [-0.3, -0.25) is 0 Å². The van der Waals surface area contributed by atoms with Gasteiger partial charge in [0.2, 0.25) is 0 Å². The van der Waals surface area contributed by atoms with Crippen LogP contribution in [0.3, 0.4) is 0 Å². The van der Waals surface area contributed by atoms with Crippen molar-refractivity contribution in [2.45, 2.75) is 40.5 Å². The van der Waals surface area contributed by atoms with Crippen LogP contribution in [0.1, 0.15) is 37.5 Å². The fraction of sp³-hybridized carbons (Fsp3) is 0.269. The molecular formula is C26H39Hf-7. The predicted molar refractivity (Wildman–Crippen MR) is 124 cm³/mol. The molecule has 0 aliphatic heterocycles. The Morgan fingerprint density at radius 1 is 0.926 bits per heavy atom. The van der Waals surface area contributed by atoms with Crippen molar-refractivity contribution in [3.63, 3.8) is 0 Å². The third-order valence-corrected chi connectivity index (χ3v) is 4.20. The van der Waals surface area contributed by atoms with Crippen molar-refractivity contribution in [3.05, 3.63) is 108 Å². The molecule has 0 radical (unpaired) electrons. The largest absolute Gasteiger partial charge is 0.358 e.